The van der Waals surface area contributed by atoms with E-state index in [1.165, 1.54) is 21.9 Å². The molecule has 6 heteroatoms. The molecule has 0 radical (unpaired) electrons. The van der Waals surface area contributed by atoms with E-state index in [4.69, 9.17) is 23.8 Å². The van der Waals surface area contributed by atoms with Crippen molar-refractivity contribution in [2.75, 3.05) is 0 Å². The maximum atomic E-state index is 6.94. The van der Waals surface area contributed by atoms with Crippen LogP contribution in [0.25, 0.3) is 128 Å². The molecule has 0 amide bonds. The zero-order valence-corrected chi connectivity index (χ0v) is 33.7. The van der Waals surface area contributed by atoms with Crippen LogP contribution >= 0.6 is 0 Å². The number of benzene rings is 9. The van der Waals surface area contributed by atoms with Gasteiger partial charge in [-0.1, -0.05) is 146 Å². The standard InChI is InChI=1S/C57H34N4O2/c1-4-14-35(15-5-1)38-24-27-43-42-20-10-12-22-49(42)61(50(43)31-38)41-33-46(36-16-6-2-7-17-36)54-48(34-41)45-28-25-40(32-53(45)63-54)57-59-55(37-18-8-3-9-19-37)58-56(60-57)39-26-29-52-47(30-39)44-21-11-13-23-51(44)62-52/h1-34H. The number of fused-ring (bicyclic) bond motifs is 9. The third-order valence-corrected chi connectivity index (χ3v) is 12.2. The van der Waals surface area contributed by atoms with Gasteiger partial charge < -0.3 is 13.4 Å². The number of nitrogens with zero attached hydrogens (tertiary/aromatic N) is 4. The van der Waals surface area contributed by atoms with E-state index < -0.39 is 0 Å². The summed E-state index contributed by atoms with van der Waals surface area (Å²) in [4.78, 5) is 15.2. The zero-order valence-electron chi connectivity index (χ0n) is 33.7. The van der Waals surface area contributed by atoms with Crippen LogP contribution in [0.5, 0.6) is 0 Å². The lowest BCUT2D eigenvalue weighted by Gasteiger charge is -2.12. The monoisotopic (exact) mass is 806 g/mol. The molecule has 9 aromatic carbocycles. The zero-order chi connectivity index (χ0) is 41.4. The Morgan fingerprint density at radius 2 is 0.857 bits per heavy atom. The van der Waals surface area contributed by atoms with Crippen molar-refractivity contribution < 1.29 is 8.83 Å². The third-order valence-electron chi connectivity index (χ3n) is 12.2. The highest BCUT2D eigenvalue weighted by atomic mass is 16.3. The van der Waals surface area contributed by atoms with E-state index in [0.717, 1.165) is 88.4 Å². The fourth-order valence-corrected chi connectivity index (χ4v) is 9.24. The van der Waals surface area contributed by atoms with Gasteiger partial charge in [0.15, 0.2) is 17.5 Å². The van der Waals surface area contributed by atoms with Crippen molar-refractivity contribution in [2.24, 2.45) is 0 Å². The maximum absolute atomic E-state index is 6.94. The van der Waals surface area contributed by atoms with Crippen LogP contribution in [0.1, 0.15) is 0 Å². The predicted molar refractivity (Wildman–Crippen MR) is 256 cm³/mol. The van der Waals surface area contributed by atoms with Crippen molar-refractivity contribution >= 4 is 65.7 Å². The third kappa shape index (κ3) is 5.76. The number of rotatable bonds is 6. The highest BCUT2D eigenvalue weighted by Crippen LogP contribution is 2.42. The van der Waals surface area contributed by atoms with Crippen LogP contribution in [0.15, 0.2) is 215 Å². The highest BCUT2D eigenvalue weighted by molar-refractivity contribution is 6.14. The summed E-state index contributed by atoms with van der Waals surface area (Å²) in [5.41, 5.74) is 13.6. The van der Waals surface area contributed by atoms with E-state index in [-0.39, 0.29) is 0 Å². The first kappa shape index (κ1) is 35.2. The average Bonchev–Trinajstić information content (AvgIpc) is 4.03. The van der Waals surface area contributed by atoms with Crippen LogP contribution in [-0.4, -0.2) is 19.5 Å². The minimum atomic E-state index is 0.557. The molecule has 13 rings (SSSR count). The van der Waals surface area contributed by atoms with Crippen LogP contribution < -0.4 is 0 Å². The Balaban J connectivity index is 1.01. The molecular weight excluding hydrogens is 773 g/mol. The molecule has 4 aromatic heterocycles. The summed E-state index contributed by atoms with van der Waals surface area (Å²) < 4.78 is 15.5. The SMILES string of the molecule is c1ccc(-c2ccc3c4ccccc4n(-c4cc(-c5ccccc5)c5oc6cc(-c7nc(-c8ccccc8)nc(-c8ccc9oc%10ccccc%10c9c8)n7)ccc6c5c4)c3c2)cc1. The normalized spacial score (nSPS) is 11.8. The van der Waals surface area contributed by atoms with E-state index in [1.54, 1.807) is 0 Å². The molecule has 6 nitrogen and oxygen atoms in total. The van der Waals surface area contributed by atoms with Gasteiger partial charge in [-0.3, -0.25) is 0 Å². The van der Waals surface area contributed by atoms with Gasteiger partial charge in [0.2, 0.25) is 0 Å². The van der Waals surface area contributed by atoms with Gasteiger partial charge in [0.1, 0.15) is 22.3 Å². The number of hydrogen-bond acceptors (Lipinski definition) is 5. The number of furan rings is 2. The van der Waals surface area contributed by atoms with Crippen molar-refractivity contribution in [1.82, 2.24) is 19.5 Å². The lowest BCUT2D eigenvalue weighted by molar-refractivity contribution is 0.669. The summed E-state index contributed by atoms with van der Waals surface area (Å²) >= 11 is 0. The van der Waals surface area contributed by atoms with Gasteiger partial charge in [0.25, 0.3) is 0 Å². The van der Waals surface area contributed by atoms with Crippen molar-refractivity contribution in [3.8, 4) is 62.1 Å². The first-order valence-corrected chi connectivity index (χ1v) is 21.1. The number of aromatic nitrogens is 4. The van der Waals surface area contributed by atoms with Crippen LogP contribution in [0.3, 0.4) is 0 Å². The first-order valence-electron chi connectivity index (χ1n) is 21.1. The Hall–Kier alpha value is -8.61. The van der Waals surface area contributed by atoms with Crippen molar-refractivity contribution in [3.05, 3.63) is 206 Å². The summed E-state index contributed by atoms with van der Waals surface area (Å²) in [5.74, 6) is 1.73. The smallest absolute Gasteiger partial charge is 0.164 e. The number of para-hydroxylation sites is 2. The molecule has 0 aliphatic rings. The summed E-state index contributed by atoms with van der Waals surface area (Å²) in [6.45, 7) is 0. The van der Waals surface area contributed by atoms with Gasteiger partial charge in [-0.05, 0) is 77.4 Å². The fraction of sp³-hybridized carbons (Fsp3) is 0. The summed E-state index contributed by atoms with van der Waals surface area (Å²) in [6, 6.07) is 71.7. The van der Waals surface area contributed by atoms with Crippen LogP contribution in [0.2, 0.25) is 0 Å². The van der Waals surface area contributed by atoms with Gasteiger partial charge in [-0.2, -0.15) is 0 Å². The minimum Gasteiger partial charge on any atom is -0.456 e. The molecule has 4 heterocycles. The van der Waals surface area contributed by atoms with Crippen LogP contribution in [0.4, 0.5) is 0 Å². The highest BCUT2D eigenvalue weighted by Gasteiger charge is 2.21. The van der Waals surface area contributed by atoms with Gasteiger partial charge in [-0.25, -0.2) is 15.0 Å². The van der Waals surface area contributed by atoms with Gasteiger partial charge >= 0.3 is 0 Å². The topological polar surface area (TPSA) is 69.9 Å². The lowest BCUT2D eigenvalue weighted by Crippen LogP contribution is -2.00. The quantitative estimate of drug-likeness (QED) is 0.167. The second kappa shape index (κ2) is 14.0. The molecule has 0 N–H and O–H groups in total. The van der Waals surface area contributed by atoms with Crippen molar-refractivity contribution in [1.29, 1.82) is 0 Å². The molecule has 0 spiro atoms. The lowest BCUT2D eigenvalue weighted by atomic mass is 10.0. The van der Waals surface area contributed by atoms with E-state index >= 15 is 0 Å². The molecule has 0 unspecified atom stereocenters. The molecule has 0 bridgehead atoms. The molecule has 0 aliphatic carbocycles. The molecule has 0 saturated heterocycles. The average molecular weight is 807 g/mol. The van der Waals surface area contributed by atoms with Crippen molar-refractivity contribution in [3.63, 3.8) is 0 Å². The molecule has 294 valence electrons. The van der Waals surface area contributed by atoms with E-state index in [1.807, 2.05) is 60.7 Å². The Bertz CT molecular complexity index is 3900. The first-order chi connectivity index (χ1) is 31.2. The Morgan fingerprint density at radius 3 is 1.63 bits per heavy atom. The number of hydrogen-bond donors (Lipinski definition) is 0. The van der Waals surface area contributed by atoms with E-state index in [9.17, 15) is 0 Å². The van der Waals surface area contributed by atoms with Gasteiger partial charge in [0.05, 0.1) is 11.0 Å². The van der Waals surface area contributed by atoms with Gasteiger partial charge in [0, 0.05) is 60.3 Å². The van der Waals surface area contributed by atoms with E-state index in [2.05, 4.69) is 150 Å². The fourth-order valence-electron chi connectivity index (χ4n) is 9.24. The minimum absolute atomic E-state index is 0.557. The molecule has 0 fully saturated rings. The molecule has 0 aliphatic heterocycles. The Labute approximate surface area is 361 Å². The predicted octanol–water partition coefficient (Wildman–Crippen LogP) is 15.1. The molecule has 63 heavy (non-hydrogen) atoms. The second-order valence-corrected chi connectivity index (χ2v) is 16.0. The Kier molecular flexibility index (Phi) is 7.80. The molecule has 0 saturated carbocycles. The van der Waals surface area contributed by atoms with Crippen LogP contribution in [0, 0.1) is 0 Å². The van der Waals surface area contributed by atoms with Crippen LogP contribution in [-0.2, 0) is 0 Å². The second-order valence-electron chi connectivity index (χ2n) is 16.0. The van der Waals surface area contributed by atoms with E-state index in [0.29, 0.717) is 17.5 Å². The van der Waals surface area contributed by atoms with Crippen molar-refractivity contribution in [2.45, 2.75) is 0 Å². The largest absolute Gasteiger partial charge is 0.456 e. The summed E-state index contributed by atoms with van der Waals surface area (Å²) in [6.07, 6.45) is 0. The molecule has 13 aromatic rings. The molecular formula is C57H34N4O2. The van der Waals surface area contributed by atoms with Gasteiger partial charge in [-0.15, -0.1) is 0 Å². The summed E-state index contributed by atoms with van der Waals surface area (Å²) in [5, 5.41) is 6.52. The Morgan fingerprint density at radius 1 is 0.302 bits per heavy atom. The molecule has 0 atom stereocenters. The maximum Gasteiger partial charge on any atom is 0.164 e. The summed E-state index contributed by atoms with van der Waals surface area (Å²) in [7, 11) is 0.